The van der Waals surface area contributed by atoms with Crippen LogP contribution in [0.4, 0.5) is 0 Å². The average Bonchev–Trinajstić information content (AvgIpc) is 2.16. The van der Waals surface area contributed by atoms with Crippen LogP contribution in [0, 0.1) is 11.8 Å². The van der Waals surface area contributed by atoms with Crippen molar-refractivity contribution < 1.29 is 14.7 Å². The number of carbonyl (C=O) groups excluding carboxylic acids is 1. The van der Waals surface area contributed by atoms with Crippen LogP contribution in [-0.2, 0) is 4.79 Å². The van der Waals surface area contributed by atoms with Gasteiger partial charge in [-0.1, -0.05) is 29.5 Å². The minimum absolute atomic E-state index is 0.0684. The molecule has 0 aromatic heterocycles. The van der Waals surface area contributed by atoms with Crippen molar-refractivity contribution in [1.29, 1.82) is 0 Å². The second-order valence-electron chi connectivity index (χ2n) is 2.91. The molecule has 1 aromatic carbocycles. The lowest BCUT2D eigenvalue weighted by molar-refractivity contribution is -0.117. The number of hydrogen-bond acceptors (Lipinski definition) is 2. The van der Waals surface area contributed by atoms with Crippen LogP contribution in [0.15, 0.2) is 18.2 Å². The van der Waals surface area contributed by atoms with Gasteiger partial charge in [0.1, 0.15) is 0 Å². The highest BCUT2D eigenvalue weighted by molar-refractivity contribution is 6.33. The molecule has 0 bridgehead atoms. The summed E-state index contributed by atoms with van der Waals surface area (Å²) in [5, 5.41) is 9.02. The lowest BCUT2D eigenvalue weighted by Crippen LogP contribution is -2.08. The van der Waals surface area contributed by atoms with Crippen molar-refractivity contribution in [3.63, 3.8) is 0 Å². The summed E-state index contributed by atoms with van der Waals surface area (Å²) >= 11 is 5.73. The van der Waals surface area contributed by atoms with Gasteiger partial charge in [-0.25, -0.2) is 4.79 Å². The maximum Gasteiger partial charge on any atom is 0.338 e. The largest absolute Gasteiger partial charge is 0.478 e. The van der Waals surface area contributed by atoms with Gasteiger partial charge in [-0.3, -0.25) is 4.79 Å². The Hall–Kier alpha value is -1.99. The molecule has 0 radical (unpaired) electrons. The van der Waals surface area contributed by atoms with E-state index < -0.39 is 11.9 Å². The highest BCUT2D eigenvalue weighted by atomic mass is 35.5. The summed E-state index contributed by atoms with van der Waals surface area (Å²) < 4.78 is 0. The van der Waals surface area contributed by atoms with E-state index in [-0.39, 0.29) is 22.6 Å². The second-order valence-corrected chi connectivity index (χ2v) is 3.32. The number of carbonyl (C=O) groups is 2. The molecule has 3 N–H and O–H groups in total. The number of carboxylic acid groups (broad SMARTS) is 1. The van der Waals surface area contributed by atoms with Crippen molar-refractivity contribution in [2.24, 2.45) is 5.73 Å². The van der Waals surface area contributed by atoms with Gasteiger partial charge in [-0.05, 0) is 12.1 Å². The van der Waals surface area contributed by atoms with Crippen molar-refractivity contribution in [3.05, 3.63) is 34.3 Å². The Labute approximate surface area is 97.0 Å². The molecule has 5 heteroatoms. The smallest absolute Gasteiger partial charge is 0.338 e. The summed E-state index contributed by atoms with van der Waals surface area (Å²) in [6, 6.07) is 4.57. The molecule has 0 saturated carbocycles. The number of benzene rings is 1. The molecule has 0 aliphatic heterocycles. The molecular weight excluding hydrogens is 230 g/mol. The predicted molar refractivity (Wildman–Crippen MR) is 59.1 cm³/mol. The summed E-state index contributed by atoms with van der Waals surface area (Å²) in [4.78, 5) is 21.3. The van der Waals surface area contributed by atoms with E-state index in [4.69, 9.17) is 22.4 Å². The zero-order valence-electron chi connectivity index (χ0n) is 8.16. The van der Waals surface area contributed by atoms with E-state index in [1.807, 2.05) is 0 Å². The molecule has 0 fully saturated rings. The van der Waals surface area contributed by atoms with E-state index in [0.29, 0.717) is 0 Å². The normalized spacial score (nSPS) is 9.06. The van der Waals surface area contributed by atoms with Crippen molar-refractivity contribution in [1.82, 2.24) is 0 Å². The molecule has 0 spiro atoms. The predicted octanol–water partition coefficient (Wildman–Crippen LogP) is 1.27. The lowest BCUT2D eigenvalue weighted by atomic mass is 10.1. The van der Waals surface area contributed by atoms with Crippen LogP contribution in [-0.4, -0.2) is 17.0 Å². The number of halogens is 1. The second kappa shape index (κ2) is 5.19. The van der Waals surface area contributed by atoms with Crippen LogP contribution in [0.1, 0.15) is 22.3 Å². The zero-order chi connectivity index (χ0) is 12.1. The summed E-state index contributed by atoms with van der Waals surface area (Å²) in [5.41, 5.74) is 5.10. The highest BCUT2D eigenvalue weighted by Gasteiger charge is 2.12. The van der Waals surface area contributed by atoms with Crippen molar-refractivity contribution in [2.75, 3.05) is 0 Å². The van der Waals surface area contributed by atoms with E-state index in [0.717, 1.165) is 0 Å². The van der Waals surface area contributed by atoms with E-state index >= 15 is 0 Å². The van der Waals surface area contributed by atoms with Crippen LogP contribution in [0.25, 0.3) is 0 Å². The number of hydrogen-bond donors (Lipinski definition) is 2. The lowest BCUT2D eigenvalue weighted by Gasteiger charge is -2.00. The summed E-state index contributed by atoms with van der Waals surface area (Å²) in [5.74, 6) is 3.31. The molecule has 1 aromatic rings. The van der Waals surface area contributed by atoms with Gasteiger partial charge in [0.2, 0.25) is 5.91 Å². The van der Waals surface area contributed by atoms with Crippen LogP contribution in [0.2, 0.25) is 5.02 Å². The van der Waals surface area contributed by atoms with E-state index in [9.17, 15) is 9.59 Å². The fourth-order valence-corrected chi connectivity index (χ4v) is 1.33. The average molecular weight is 238 g/mol. The van der Waals surface area contributed by atoms with E-state index in [1.165, 1.54) is 12.1 Å². The molecule has 0 saturated heterocycles. The Kier molecular flexibility index (Phi) is 3.92. The maximum atomic E-state index is 10.9. The van der Waals surface area contributed by atoms with Gasteiger partial charge in [-0.15, -0.1) is 0 Å². The molecule has 0 unspecified atom stereocenters. The minimum Gasteiger partial charge on any atom is -0.478 e. The zero-order valence-corrected chi connectivity index (χ0v) is 8.91. The van der Waals surface area contributed by atoms with Gasteiger partial charge in [0.15, 0.2) is 0 Å². The number of primary amides is 1. The molecule has 0 atom stereocenters. The maximum absolute atomic E-state index is 10.9. The standard InChI is InChI=1S/C11H8ClNO3/c12-8-5-1-3-7(10(8)11(15)16)4-2-6-9(13)14/h1,3,5H,6H2,(H2,13,14)(H,15,16). The summed E-state index contributed by atoms with van der Waals surface area (Å²) in [6.07, 6.45) is -0.119. The fourth-order valence-electron chi connectivity index (χ4n) is 1.07. The molecule has 4 nitrogen and oxygen atoms in total. The van der Waals surface area contributed by atoms with Gasteiger partial charge >= 0.3 is 5.97 Å². The Morgan fingerprint density at radius 2 is 2.12 bits per heavy atom. The third-order valence-corrected chi connectivity index (χ3v) is 2.03. The number of aromatic carboxylic acids is 1. The number of amides is 1. The Bertz CT molecular complexity index is 500. The SMILES string of the molecule is NC(=O)CC#Cc1cccc(Cl)c1C(=O)O. The fraction of sp³-hybridized carbons (Fsp3) is 0.0909. The minimum atomic E-state index is -1.16. The van der Waals surface area contributed by atoms with Gasteiger partial charge in [0.25, 0.3) is 0 Å². The Morgan fingerprint density at radius 3 is 2.69 bits per heavy atom. The molecule has 0 aliphatic carbocycles. The Morgan fingerprint density at radius 1 is 1.44 bits per heavy atom. The summed E-state index contributed by atoms with van der Waals surface area (Å²) in [7, 11) is 0. The molecule has 16 heavy (non-hydrogen) atoms. The monoisotopic (exact) mass is 237 g/mol. The topological polar surface area (TPSA) is 80.4 Å². The molecule has 0 aliphatic rings. The first-order valence-corrected chi connectivity index (χ1v) is 4.69. The first-order chi connectivity index (χ1) is 7.52. The van der Waals surface area contributed by atoms with Crippen LogP contribution < -0.4 is 5.73 Å². The molecule has 82 valence electrons. The molecular formula is C11H8ClNO3. The number of nitrogens with two attached hydrogens (primary N) is 1. The first kappa shape index (κ1) is 12.1. The van der Waals surface area contributed by atoms with Crippen molar-refractivity contribution >= 4 is 23.5 Å². The summed E-state index contributed by atoms with van der Waals surface area (Å²) in [6.45, 7) is 0. The Balaban J connectivity index is 3.12. The molecule has 1 amide bonds. The molecule has 0 heterocycles. The van der Waals surface area contributed by atoms with Crippen LogP contribution >= 0.6 is 11.6 Å². The quantitative estimate of drug-likeness (QED) is 0.760. The number of rotatable bonds is 2. The van der Waals surface area contributed by atoms with Crippen LogP contribution in [0.5, 0.6) is 0 Å². The van der Waals surface area contributed by atoms with Crippen molar-refractivity contribution in [2.45, 2.75) is 6.42 Å². The van der Waals surface area contributed by atoms with Gasteiger partial charge in [-0.2, -0.15) is 0 Å². The van der Waals surface area contributed by atoms with Gasteiger partial charge in [0.05, 0.1) is 17.0 Å². The highest BCUT2D eigenvalue weighted by Crippen LogP contribution is 2.19. The third-order valence-electron chi connectivity index (χ3n) is 1.71. The van der Waals surface area contributed by atoms with Gasteiger partial charge < -0.3 is 10.8 Å². The number of carboxylic acids is 1. The van der Waals surface area contributed by atoms with E-state index in [2.05, 4.69) is 11.8 Å². The third kappa shape index (κ3) is 3.01. The van der Waals surface area contributed by atoms with Crippen LogP contribution in [0.3, 0.4) is 0 Å². The first-order valence-electron chi connectivity index (χ1n) is 4.31. The van der Waals surface area contributed by atoms with E-state index in [1.54, 1.807) is 6.07 Å². The van der Waals surface area contributed by atoms with Gasteiger partial charge in [0, 0.05) is 5.56 Å². The molecule has 1 rings (SSSR count). The van der Waals surface area contributed by atoms with Crippen molar-refractivity contribution in [3.8, 4) is 11.8 Å².